The SMILES string of the molecule is Cc1ccccc1N1CCN(S(=O)(=O)c2ccc(CNC(=O)c3ccc(Cl)cc3)s2)CC1.O=C(NCc1ccc(S(=O)(=O)N2CCC(c3cccc(C(F)(F)F)c3)C(O)C2)s1)c1ccc(Cl)cc1. The van der Waals surface area contributed by atoms with Crippen LogP contribution in [0.2, 0.25) is 10.0 Å². The van der Waals surface area contributed by atoms with Gasteiger partial charge in [-0.15, -0.1) is 22.7 Å². The van der Waals surface area contributed by atoms with Gasteiger partial charge in [-0.3, -0.25) is 9.59 Å². The van der Waals surface area contributed by atoms with E-state index >= 15 is 0 Å². The summed E-state index contributed by atoms with van der Waals surface area (Å²) in [5, 5.41) is 17.2. The van der Waals surface area contributed by atoms with Crippen LogP contribution in [0.5, 0.6) is 0 Å². The Hall–Kier alpha value is -4.83. The Morgan fingerprint density at radius 1 is 0.676 bits per heavy atom. The van der Waals surface area contributed by atoms with Crippen molar-refractivity contribution in [2.45, 2.75) is 53.1 Å². The number of nitrogens with zero attached hydrogens (tertiary/aromatic N) is 3. The average Bonchev–Trinajstić information content (AvgIpc) is 4.02. The summed E-state index contributed by atoms with van der Waals surface area (Å²) < 4.78 is 94.8. The Morgan fingerprint density at radius 3 is 1.69 bits per heavy atom. The van der Waals surface area contributed by atoms with Crippen molar-refractivity contribution in [1.29, 1.82) is 0 Å². The fourth-order valence-electron chi connectivity index (χ4n) is 7.72. The number of aliphatic hydroxyl groups excluding tert-OH is 1. The lowest BCUT2D eigenvalue weighted by Gasteiger charge is -2.35. The first kappa shape index (κ1) is 51.0. The van der Waals surface area contributed by atoms with Gasteiger partial charge in [0.15, 0.2) is 0 Å². The van der Waals surface area contributed by atoms with E-state index in [0.29, 0.717) is 62.0 Å². The van der Waals surface area contributed by atoms with Gasteiger partial charge >= 0.3 is 6.18 Å². The molecular formula is C47H46Cl2F3N5O7S4. The minimum absolute atomic E-state index is 0.0564. The van der Waals surface area contributed by atoms with Crippen LogP contribution < -0.4 is 15.5 Å². The highest BCUT2D eigenvalue weighted by atomic mass is 35.5. The number of aliphatic hydroxyl groups is 1. The van der Waals surface area contributed by atoms with E-state index in [1.54, 1.807) is 71.0 Å². The van der Waals surface area contributed by atoms with E-state index < -0.39 is 43.8 Å². The van der Waals surface area contributed by atoms with Gasteiger partial charge in [-0.2, -0.15) is 21.8 Å². The summed E-state index contributed by atoms with van der Waals surface area (Å²) in [5.74, 6) is -1.17. The summed E-state index contributed by atoms with van der Waals surface area (Å²) in [4.78, 5) is 28.2. The lowest BCUT2D eigenvalue weighted by molar-refractivity contribution is -0.137. The van der Waals surface area contributed by atoms with Crippen molar-refractivity contribution in [3.8, 4) is 0 Å². The summed E-state index contributed by atoms with van der Waals surface area (Å²) in [6.45, 7) is 4.47. The van der Waals surface area contributed by atoms with E-state index in [1.165, 1.54) is 35.1 Å². The monoisotopic (exact) mass is 1050 g/mol. The summed E-state index contributed by atoms with van der Waals surface area (Å²) in [6.07, 6.45) is -5.48. The van der Waals surface area contributed by atoms with Gasteiger partial charge < -0.3 is 20.6 Å². The summed E-state index contributed by atoms with van der Waals surface area (Å²) in [6, 6.07) is 32.3. The molecule has 12 nitrogen and oxygen atoms in total. The van der Waals surface area contributed by atoms with E-state index in [2.05, 4.69) is 34.6 Å². The van der Waals surface area contributed by atoms with Crippen molar-refractivity contribution in [2.24, 2.45) is 0 Å². The molecule has 0 bridgehead atoms. The van der Waals surface area contributed by atoms with Crippen LogP contribution in [0.15, 0.2) is 130 Å². The van der Waals surface area contributed by atoms with Gasteiger partial charge in [-0.1, -0.05) is 59.6 Å². The van der Waals surface area contributed by atoms with Crippen LogP contribution >= 0.6 is 45.9 Å². The van der Waals surface area contributed by atoms with Gasteiger partial charge in [-0.05, 0) is 109 Å². The molecular weight excluding hydrogens is 1000 g/mol. The molecule has 2 aromatic heterocycles. The van der Waals surface area contributed by atoms with Gasteiger partial charge in [-0.25, -0.2) is 16.8 Å². The molecule has 360 valence electrons. The Labute approximate surface area is 411 Å². The molecule has 2 amide bonds. The van der Waals surface area contributed by atoms with Crippen LogP contribution in [0.3, 0.4) is 0 Å². The van der Waals surface area contributed by atoms with Crippen LogP contribution in [-0.2, 0) is 39.3 Å². The number of carbonyl (C=O) groups excluding carboxylic acids is 2. The molecule has 2 saturated heterocycles. The maximum atomic E-state index is 13.1. The zero-order chi connectivity index (χ0) is 48.8. The molecule has 4 aromatic carbocycles. The number of hydrogen-bond donors (Lipinski definition) is 3. The van der Waals surface area contributed by atoms with E-state index in [9.17, 15) is 44.7 Å². The number of piperidine rings is 1. The first-order valence-electron chi connectivity index (χ1n) is 21.2. The lowest BCUT2D eigenvalue weighted by atomic mass is 9.87. The van der Waals surface area contributed by atoms with Crippen molar-refractivity contribution in [3.63, 3.8) is 0 Å². The molecule has 21 heteroatoms. The Kier molecular flexibility index (Phi) is 16.4. The van der Waals surface area contributed by atoms with Crippen LogP contribution in [-0.4, -0.2) is 87.7 Å². The molecule has 2 fully saturated rings. The Bertz CT molecular complexity index is 2950. The fourth-order valence-corrected chi connectivity index (χ4v) is 13.8. The minimum Gasteiger partial charge on any atom is -0.391 e. The van der Waals surface area contributed by atoms with Crippen molar-refractivity contribution in [2.75, 3.05) is 44.2 Å². The number of anilines is 1. The van der Waals surface area contributed by atoms with E-state index in [0.717, 1.165) is 38.3 Å². The van der Waals surface area contributed by atoms with E-state index in [-0.39, 0.29) is 48.6 Å². The quantitative estimate of drug-likeness (QED) is 0.110. The molecule has 2 aliphatic heterocycles. The molecule has 4 heterocycles. The summed E-state index contributed by atoms with van der Waals surface area (Å²) in [7, 11) is -7.48. The third kappa shape index (κ3) is 12.5. The minimum atomic E-state index is -4.50. The number of nitrogens with one attached hydrogen (secondary N) is 2. The highest BCUT2D eigenvalue weighted by Gasteiger charge is 2.38. The summed E-state index contributed by atoms with van der Waals surface area (Å²) >= 11 is 13.9. The smallest absolute Gasteiger partial charge is 0.391 e. The number of amides is 2. The number of alkyl halides is 3. The predicted molar refractivity (Wildman–Crippen MR) is 260 cm³/mol. The summed E-state index contributed by atoms with van der Waals surface area (Å²) in [5.41, 5.74) is 2.78. The van der Waals surface area contributed by atoms with Gasteiger partial charge in [0.2, 0.25) is 0 Å². The van der Waals surface area contributed by atoms with Gasteiger partial charge in [0.25, 0.3) is 31.9 Å². The van der Waals surface area contributed by atoms with Gasteiger partial charge in [0, 0.05) is 81.8 Å². The molecule has 0 aliphatic carbocycles. The number of benzene rings is 4. The molecule has 0 spiro atoms. The number of thiophene rings is 2. The standard InChI is InChI=1S/C24H22ClF3N2O4S2.C23H24ClN3O3S2/c25-18-6-4-15(5-7-18)23(32)29-13-19-8-9-22(35-19)36(33,34)30-11-10-20(21(31)14-30)16-2-1-3-17(12-16)24(26,27)28;1-17-4-2-3-5-21(17)26-12-14-27(15-13-26)32(29,30)22-11-10-20(31-22)16-25-23(28)18-6-8-19(24)9-7-18/h1-9,12,20-21,31H,10-11,13-14H2,(H,29,32);2-11H,12-16H2,1H3,(H,25,28). The van der Waals surface area contributed by atoms with E-state index in [4.69, 9.17) is 23.2 Å². The second kappa shape index (κ2) is 21.9. The largest absolute Gasteiger partial charge is 0.416 e. The third-order valence-corrected chi connectivity index (χ3v) is 18.8. The number of sulfonamides is 2. The topological polar surface area (TPSA) is 156 Å². The highest BCUT2D eigenvalue weighted by Crippen LogP contribution is 2.36. The number of piperazine rings is 1. The predicted octanol–water partition coefficient (Wildman–Crippen LogP) is 9.04. The van der Waals surface area contributed by atoms with E-state index in [1.807, 2.05) is 12.1 Å². The molecule has 0 saturated carbocycles. The van der Waals surface area contributed by atoms with Crippen LogP contribution in [0.25, 0.3) is 0 Å². The molecule has 2 atom stereocenters. The van der Waals surface area contributed by atoms with Crippen molar-refractivity contribution in [1.82, 2.24) is 19.2 Å². The first-order chi connectivity index (χ1) is 32.3. The van der Waals surface area contributed by atoms with Crippen LogP contribution in [0.4, 0.5) is 18.9 Å². The Morgan fingerprint density at radius 2 is 1.19 bits per heavy atom. The number of rotatable bonds is 12. The number of hydrogen-bond acceptors (Lipinski definition) is 10. The fraction of sp³-hybridized carbons (Fsp3) is 0.277. The van der Waals surface area contributed by atoms with Crippen molar-refractivity contribution >= 4 is 83.4 Å². The molecule has 3 N–H and O–H groups in total. The number of β-amino-alcohol motifs (C(OH)–C–C–N with tert-alkyl or cyclic N) is 1. The second-order valence-corrected chi connectivity index (χ2v) is 23.5. The van der Waals surface area contributed by atoms with Gasteiger partial charge in [0.05, 0.1) is 24.8 Å². The lowest BCUT2D eigenvalue weighted by Crippen LogP contribution is -2.48. The normalized spacial score (nSPS) is 17.2. The van der Waals surface area contributed by atoms with Gasteiger partial charge in [0.1, 0.15) is 8.42 Å². The van der Waals surface area contributed by atoms with Crippen molar-refractivity contribution < 1.29 is 44.7 Å². The first-order valence-corrected chi connectivity index (χ1v) is 26.5. The molecule has 0 radical (unpaired) electrons. The third-order valence-electron chi connectivity index (χ3n) is 11.4. The molecule has 2 unspecified atom stereocenters. The molecule has 2 aliphatic rings. The Balaban J connectivity index is 0.000000203. The average molecular weight is 1050 g/mol. The maximum Gasteiger partial charge on any atom is 0.416 e. The van der Waals surface area contributed by atoms with Crippen LogP contribution in [0, 0.1) is 6.92 Å². The molecule has 68 heavy (non-hydrogen) atoms. The van der Waals surface area contributed by atoms with Crippen molar-refractivity contribution in [3.05, 3.63) is 169 Å². The number of aryl methyl sites for hydroxylation is 1. The zero-order valence-corrected chi connectivity index (χ0v) is 41.1. The molecule has 8 rings (SSSR count). The molecule has 6 aromatic rings. The number of para-hydroxylation sites is 1. The maximum absolute atomic E-state index is 13.1. The number of halogens is 5. The number of carbonyl (C=O) groups is 2. The second-order valence-electron chi connectivity index (χ2n) is 15.9. The highest BCUT2D eigenvalue weighted by molar-refractivity contribution is 7.91. The zero-order valence-electron chi connectivity index (χ0n) is 36.3. The van der Waals surface area contributed by atoms with Crippen LogP contribution in [0.1, 0.15) is 59.5 Å².